The van der Waals surface area contributed by atoms with E-state index in [2.05, 4.69) is 10.1 Å². The van der Waals surface area contributed by atoms with Crippen molar-refractivity contribution < 1.29 is 14.6 Å². The second-order valence-corrected chi connectivity index (χ2v) is 6.96. The predicted octanol–water partition coefficient (Wildman–Crippen LogP) is 2.94. The predicted molar refractivity (Wildman–Crippen MR) is 104 cm³/mol. The monoisotopic (exact) mass is 378 g/mol. The fraction of sp³-hybridized carbons (Fsp3) is 0.286. The number of aromatic hydroxyl groups is 1. The van der Waals surface area contributed by atoms with Crippen LogP contribution in [0.4, 0.5) is 0 Å². The Morgan fingerprint density at radius 2 is 2.11 bits per heavy atom. The van der Waals surface area contributed by atoms with Gasteiger partial charge >= 0.3 is 0 Å². The third kappa shape index (κ3) is 3.31. The molecule has 0 saturated heterocycles. The first-order chi connectivity index (χ1) is 13.5. The summed E-state index contributed by atoms with van der Waals surface area (Å²) in [7, 11) is 0. The summed E-state index contributed by atoms with van der Waals surface area (Å²) in [6.07, 6.45) is 2.95. The molecule has 4 rings (SSSR count). The van der Waals surface area contributed by atoms with Crippen LogP contribution >= 0.6 is 0 Å². The molecule has 1 aliphatic heterocycles. The number of hydrogen-bond acceptors (Lipinski definition) is 5. The smallest absolute Gasteiger partial charge is 0.247 e. The SMILES string of the molecule is Cc1ccccc1-c1cc(O)c2c(c1)CN(C(=O)C(C)n1cncn1)CCO2. The minimum absolute atomic E-state index is 0.0669. The highest BCUT2D eigenvalue weighted by Crippen LogP contribution is 2.38. The molecule has 144 valence electrons. The topological polar surface area (TPSA) is 80.5 Å². The maximum Gasteiger partial charge on any atom is 0.247 e. The van der Waals surface area contributed by atoms with Gasteiger partial charge in [-0.1, -0.05) is 24.3 Å². The van der Waals surface area contributed by atoms with Gasteiger partial charge in [0.15, 0.2) is 11.5 Å². The van der Waals surface area contributed by atoms with E-state index in [9.17, 15) is 9.90 Å². The Kier molecular flexibility index (Phi) is 4.73. The lowest BCUT2D eigenvalue weighted by atomic mass is 9.97. The number of aromatic nitrogens is 3. The van der Waals surface area contributed by atoms with Crippen LogP contribution in [-0.4, -0.2) is 43.8 Å². The fourth-order valence-electron chi connectivity index (χ4n) is 3.53. The van der Waals surface area contributed by atoms with Gasteiger partial charge in [0, 0.05) is 12.1 Å². The van der Waals surface area contributed by atoms with E-state index in [1.54, 1.807) is 17.9 Å². The van der Waals surface area contributed by atoms with Gasteiger partial charge in [-0.25, -0.2) is 9.67 Å². The molecule has 1 N–H and O–H groups in total. The van der Waals surface area contributed by atoms with Crippen LogP contribution in [0.5, 0.6) is 11.5 Å². The van der Waals surface area contributed by atoms with E-state index in [0.29, 0.717) is 25.4 Å². The summed E-state index contributed by atoms with van der Waals surface area (Å²) in [5.74, 6) is 0.471. The number of rotatable bonds is 3. The Morgan fingerprint density at radius 1 is 1.29 bits per heavy atom. The second-order valence-electron chi connectivity index (χ2n) is 6.96. The molecule has 1 unspecified atom stereocenters. The van der Waals surface area contributed by atoms with Gasteiger partial charge < -0.3 is 14.7 Å². The molecule has 2 heterocycles. The summed E-state index contributed by atoms with van der Waals surface area (Å²) in [6.45, 7) is 4.95. The molecule has 0 spiro atoms. The summed E-state index contributed by atoms with van der Waals surface area (Å²) >= 11 is 0. The molecule has 2 aromatic carbocycles. The van der Waals surface area contributed by atoms with Gasteiger partial charge in [-0.2, -0.15) is 5.10 Å². The van der Waals surface area contributed by atoms with Gasteiger partial charge in [0.05, 0.1) is 6.54 Å². The van der Waals surface area contributed by atoms with Crippen LogP contribution < -0.4 is 4.74 Å². The largest absolute Gasteiger partial charge is 0.504 e. The number of hydrogen-bond donors (Lipinski definition) is 1. The van der Waals surface area contributed by atoms with E-state index in [-0.39, 0.29) is 11.7 Å². The lowest BCUT2D eigenvalue weighted by molar-refractivity contribution is -0.135. The third-order valence-corrected chi connectivity index (χ3v) is 5.07. The van der Waals surface area contributed by atoms with Crippen molar-refractivity contribution >= 4 is 5.91 Å². The number of phenolic OH excluding ortho intramolecular Hbond substituents is 1. The number of amides is 1. The molecule has 0 saturated carbocycles. The van der Waals surface area contributed by atoms with Crippen LogP contribution in [0, 0.1) is 6.92 Å². The number of fused-ring (bicyclic) bond motifs is 1. The maximum atomic E-state index is 13.0. The molecule has 0 aliphatic carbocycles. The minimum Gasteiger partial charge on any atom is -0.504 e. The molecule has 3 aromatic rings. The molecule has 1 aliphatic rings. The minimum atomic E-state index is -0.461. The molecule has 7 nitrogen and oxygen atoms in total. The van der Waals surface area contributed by atoms with Gasteiger partial charge in [0.1, 0.15) is 25.3 Å². The molecule has 7 heteroatoms. The Morgan fingerprint density at radius 3 is 2.86 bits per heavy atom. The summed E-state index contributed by atoms with van der Waals surface area (Å²) in [5.41, 5.74) is 3.84. The van der Waals surface area contributed by atoms with E-state index in [4.69, 9.17) is 4.74 Å². The van der Waals surface area contributed by atoms with Crippen molar-refractivity contribution in [1.82, 2.24) is 19.7 Å². The average molecular weight is 378 g/mol. The zero-order valence-electron chi connectivity index (χ0n) is 15.9. The average Bonchev–Trinajstić information content (AvgIpc) is 3.14. The molecule has 1 atom stereocenters. The number of benzene rings is 2. The standard InChI is InChI=1S/C21H22N4O3/c1-14-5-3-4-6-18(14)16-9-17-11-24(7-8-28-20(17)19(26)10-16)21(27)15(2)25-13-22-12-23-25/h3-6,9-10,12-13,15,26H,7-8,11H2,1-2H3. The van der Waals surface area contributed by atoms with Gasteiger partial charge in [-0.3, -0.25) is 4.79 Å². The van der Waals surface area contributed by atoms with Crippen LogP contribution in [0.15, 0.2) is 49.1 Å². The quantitative estimate of drug-likeness (QED) is 0.758. The van der Waals surface area contributed by atoms with Gasteiger partial charge in [0.25, 0.3) is 0 Å². The highest BCUT2D eigenvalue weighted by molar-refractivity contribution is 5.80. The van der Waals surface area contributed by atoms with E-state index < -0.39 is 6.04 Å². The van der Waals surface area contributed by atoms with E-state index >= 15 is 0 Å². The van der Waals surface area contributed by atoms with Crippen LogP contribution in [0.2, 0.25) is 0 Å². The number of carbonyl (C=O) groups is 1. The highest BCUT2D eigenvalue weighted by atomic mass is 16.5. The van der Waals surface area contributed by atoms with Crippen LogP contribution in [-0.2, 0) is 11.3 Å². The molecular weight excluding hydrogens is 356 g/mol. The van der Waals surface area contributed by atoms with Crippen molar-refractivity contribution in [1.29, 1.82) is 0 Å². The van der Waals surface area contributed by atoms with E-state index in [0.717, 1.165) is 22.3 Å². The number of ether oxygens (including phenoxy) is 1. The lowest BCUT2D eigenvalue weighted by Gasteiger charge is -2.23. The van der Waals surface area contributed by atoms with Crippen molar-refractivity contribution in [2.45, 2.75) is 26.4 Å². The normalized spacial score (nSPS) is 14.7. The first-order valence-electron chi connectivity index (χ1n) is 9.22. The Bertz CT molecular complexity index is 1000. The molecule has 1 aromatic heterocycles. The third-order valence-electron chi connectivity index (χ3n) is 5.07. The summed E-state index contributed by atoms with van der Waals surface area (Å²) in [4.78, 5) is 18.6. The second kappa shape index (κ2) is 7.34. The Balaban J connectivity index is 1.67. The zero-order valence-corrected chi connectivity index (χ0v) is 15.9. The molecule has 1 amide bonds. The van der Waals surface area contributed by atoms with Crippen LogP contribution in [0.1, 0.15) is 24.1 Å². The van der Waals surface area contributed by atoms with Crippen LogP contribution in [0.3, 0.4) is 0 Å². The number of nitrogens with zero attached hydrogens (tertiary/aromatic N) is 4. The highest BCUT2D eigenvalue weighted by Gasteiger charge is 2.27. The fourth-order valence-corrected chi connectivity index (χ4v) is 3.53. The lowest BCUT2D eigenvalue weighted by Crippen LogP contribution is -2.37. The first kappa shape index (κ1) is 18.0. The zero-order chi connectivity index (χ0) is 19.7. The summed E-state index contributed by atoms with van der Waals surface area (Å²) in [5, 5.41) is 14.6. The van der Waals surface area contributed by atoms with Gasteiger partial charge in [0.2, 0.25) is 5.91 Å². The molecule has 0 fully saturated rings. The Labute approximate surface area is 163 Å². The van der Waals surface area contributed by atoms with Crippen LogP contribution in [0.25, 0.3) is 11.1 Å². The number of carbonyl (C=O) groups excluding carboxylic acids is 1. The maximum absolute atomic E-state index is 13.0. The van der Waals surface area contributed by atoms with Crippen molar-refractivity contribution in [2.24, 2.45) is 0 Å². The van der Waals surface area contributed by atoms with Gasteiger partial charge in [-0.05, 0) is 42.7 Å². The number of phenols is 1. The van der Waals surface area contributed by atoms with Crippen molar-refractivity contribution in [3.8, 4) is 22.6 Å². The van der Waals surface area contributed by atoms with Gasteiger partial charge in [-0.15, -0.1) is 0 Å². The summed E-state index contributed by atoms with van der Waals surface area (Å²) < 4.78 is 7.31. The summed E-state index contributed by atoms with van der Waals surface area (Å²) in [6, 6.07) is 11.2. The molecular formula is C21H22N4O3. The molecule has 28 heavy (non-hydrogen) atoms. The van der Waals surface area contributed by atoms with Crippen molar-refractivity contribution in [3.63, 3.8) is 0 Å². The first-order valence-corrected chi connectivity index (χ1v) is 9.22. The van der Waals surface area contributed by atoms with E-state index in [1.165, 1.54) is 17.3 Å². The molecule has 0 bridgehead atoms. The van der Waals surface area contributed by atoms with Crippen molar-refractivity contribution in [3.05, 3.63) is 60.2 Å². The molecule has 0 radical (unpaired) electrons. The number of aryl methyl sites for hydroxylation is 1. The Hall–Kier alpha value is -3.35. The van der Waals surface area contributed by atoms with Crippen molar-refractivity contribution in [2.75, 3.05) is 13.2 Å². The van der Waals surface area contributed by atoms with E-state index in [1.807, 2.05) is 37.3 Å².